The lowest BCUT2D eigenvalue weighted by Gasteiger charge is -2.28. The molecule has 3 rings (SSSR count). The molecule has 5 nitrogen and oxygen atoms in total. The summed E-state index contributed by atoms with van der Waals surface area (Å²) in [5, 5.41) is 0. The van der Waals surface area contributed by atoms with Crippen molar-refractivity contribution < 1.29 is 9.59 Å². The number of nitrogens with zero attached hydrogens (tertiary/aromatic N) is 2. The van der Waals surface area contributed by atoms with Gasteiger partial charge in [0.05, 0.1) is 0 Å². The summed E-state index contributed by atoms with van der Waals surface area (Å²) in [6, 6.07) is 3.64. The van der Waals surface area contributed by atoms with Gasteiger partial charge in [-0.2, -0.15) is 0 Å². The van der Waals surface area contributed by atoms with Crippen LogP contribution in [0.2, 0.25) is 0 Å². The highest BCUT2D eigenvalue weighted by molar-refractivity contribution is 5.92. The summed E-state index contributed by atoms with van der Waals surface area (Å²) in [4.78, 5) is 31.8. The Labute approximate surface area is 131 Å². The van der Waals surface area contributed by atoms with Crippen molar-refractivity contribution in [2.45, 2.75) is 38.5 Å². The molecule has 1 saturated carbocycles. The Hall–Kier alpha value is -1.78. The standard InChI is InChI=1S/C17H25N3O2/c21-16(14-6-2-1-3-7-14)19-10-5-11-20(13-12-19)17(22)15-8-4-9-18-15/h4,8-9,14,18H,1-3,5-7,10-13H2. The van der Waals surface area contributed by atoms with Gasteiger partial charge in [0.2, 0.25) is 5.91 Å². The molecule has 1 N–H and O–H groups in total. The average Bonchev–Trinajstić information content (AvgIpc) is 2.99. The number of carbonyl (C=O) groups is 2. The first kappa shape index (κ1) is 15.1. The molecular weight excluding hydrogens is 278 g/mol. The molecule has 0 radical (unpaired) electrons. The molecule has 2 aliphatic rings. The van der Waals surface area contributed by atoms with E-state index in [1.807, 2.05) is 15.9 Å². The summed E-state index contributed by atoms with van der Waals surface area (Å²) in [6.07, 6.45) is 8.35. The third-order valence-corrected chi connectivity index (χ3v) is 4.88. The predicted molar refractivity (Wildman–Crippen MR) is 84.5 cm³/mol. The summed E-state index contributed by atoms with van der Waals surface area (Å²) in [5.74, 6) is 0.574. The quantitative estimate of drug-likeness (QED) is 0.911. The summed E-state index contributed by atoms with van der Waals surface area (Å²) >= 11 is 0. The van der Waals surface area contributed by atoms with Crippen molar-refractivity contribution in [1.29, 1.82) is 0 Å². The highest BCUT2D eigenvalue weighted by Crippen LogP contribution is 2.25. The second kappa shape index (κ2) is 6.99. The lowest BCUT2D eigenvalue weighted by Crippen LogP contribution is -2.40. The van der Waals surface area contributed by atoms with Crippen LogP contribution in [0.15, 0.2) is 18.3 Å². The third-order valence-electron chi connectivity index (χ3n) is 4.88. The highest BCUT2D eigenvalue weighted by atomic mass is 16.2. The Morgan fingerprint density at radius 3 is 2.41 bits per heavy atom. The Balaban J connectivity index is 1.57. The average molecular weight is 303 g/mol. The van der Waals surface area contributed by atoms with Crippen molar-refractivity contribution in [2.75, 3.05) is 26.2 Å². The maximum Gasteiger partial charge on any atom is 0.270 e. The summed E-state index contributed by atoms with van der Waals surface area (Å²) in [6.45, 7) is 2.81. The number of carbonyl (C=O) groups excluding carboxylic acids is 2. The molecule has 1 aromatic rings. The normalized spacial score (nSPS) is 20.7. The molecule has 2 amide bonds. The molecule has 0 aromatic carbocycles. The second-order valence-corrected chi connectivity index (χ2v) is 6.39. The predicted octanol–water partition coefficient (Wildman–Crippen LogP) is 2.27. The van der Waals surface area contributed by atoms with Gasteiger partial charge in [-0.05, 0) is 31.4 Å². The molecule has 0 atom stereocenters. The molecular formula is C17H25N3O2. The summed E-state index contributed by atoms with van der Waals surface area (Å²) in [7, 11) is 0. The van der Waals surface area contributed by atoms with Crippen LogP contribution in [0.4, 0.5) is 0 Å². The molecule has 22 heavy (non-hydrogen) atoms. The van der Waals surface area contributed by atoms with E-state index in [9.17, 15) is 9.59 Å². The molecule has 5 heteroatoms. The fourth-order valence-corrected chi connectivity index (χ4v) is 3.58. The van der Waals surface area contributed by atoms with Gasteiger partial charge in [0.25, 0.3) is 5.91 Å². The zero-order chi connectivity index (χ0) is 15.4. The van der Waals surface area contributed by atoms with E-state index in [1.54, 1.807) is 12.3 Å². The van der Waals surface area contributed by atoms with Crippen molar-refractivity contribution in [3.63, 3.8) is 0 Å². The van der Waals surface area contributed by atoms with Crippen LogP contribution in [0.3, 0.4) is 0 Å². The number of amides is 2. The Kier molecular flexibility index (Phi) is 4.80. The van der Waals surface area contributed by atoms with Crippen molar-refractivity contribution >= 4 is 11.8 Å². The van der Waals surface area contributed by atoms with E-state index in [1.165, 1.54) is 19.3 Å². The maximum atomic E-state index is 12.6. The highest BCUT2D eigenvalue weighted by Gasteiger charge is 2.28. The maximum absolute atomic E-state index is 12.6. The van der Waals surface area contributed by atoms with E-state index in [2.05, 4.69) is 4.98 Å². The van der Waals surface area contributed by atoms with Crippen LogP contribution in [-0.4, -0.2) is 52.8 Å². The van der Waals surface area contributed by atoms with Crippen molar-refractivity contribution in [1.82, 2.24) is 14.8 Å². The Morgan fingerprint density at radius 2 is 1.68 bits per heavy atom. The van der Waals surface area contributed by atoms with Crippen molar-refractivity contribution in [3.05, 3.63) is 24.0 Å². The van der Waals surface area contributed by atoms with Crippen LogP contribution in [0, 0.1) is 5.92 Å². The SMILES string of the molecule is O=C(c1ccc[nH]1)N1CCCN(C(=O)C2CCCCC2)CC1. The van der Waals surface area contributed by atoms with E-state index in [4.69, 9.17) is 0 Å². The van der Waals surface area contributed by atoms with Crippen LogP contribution in [0.5, 0.6) is 0 Å². The van der Waals surface area contributed by atoms with Gasteiger partial charge in [-0.3, -0.25) is 9.59 Å². The second-order valence-electron chi connectivity index (χ2n) is 6.39. The largest absolute Gasteiger partial charge is 0.357 e. The van der Waals surface area contributed by atoms with Gasteiger partial charge in [-0.15, -0.1) is 0 Å². The van der Waals surface area contributed by atoms with Gasteiger partial charge in [-0.1, -0.05) is 19.3 Å². The summed E-state index contributed by atoms with van der Waals surface area (Å²) in [5.41, 5.74) is 0.632. The van der Waals surface area contributed by atoms with E-state index >= 15 is 0 Å². The zero-order valence-electron chi connectivity index (χ0n) is 13.1. The topological polar surface area (TPSA) is 56.4 Å². The fourth-order valence-electron chi connectivity index (χ4n) is 3.58. The van der Waals surface area contributed by atoms with Gasteiger partial charge in [0, 0.05) is 38.3 Å². The molecule has 0 bridgehead atoms. The lowest BCUT2D eigenvalue weighted by molar-refractivity contribution is -0.136. The third kappa shape index (κ3) is 3.34. The number of H-pyrrole nitrogens is 1. The molecule has 0 spiro atoms. The van der Waals surface area contributed by atoms with Gasteiger partial charge in [0.15, 0.2) is 0 Å². The Morgan fingerprint density at radius 1 is 0.955 bits per heavy atom. The number of aromatic nitrogens is 1. The monoisotopic (exact) mass is 303 g/mol. The molecule has 2 fully saturated rings. The van der Waals surface area contributed by atoms with Gasteiger partial charge >= 0.3 is 0 Å². The molecule has 1 aromatic heterocycles. The molecule has 1 saturated heterocycles. The van der Waals surface area contributed by atoms with Crippen LogP contribution in [0.1, 0.15) is 49.0 Å². The molecule has 2 heterocycles. The minimum absolute atomic E-state index is 0.0389. The van der Waals surface area contributed by atoms with E-state index in [0.717, 1.165) is 32.4 Å². The van der Waals surface area contributed by atoms with Gasteiger partial charge in [-0.25, -0.2) is 0 Å². The first-order valence-corrected chi connectivity index (χ1v) is 8.47. The van der Waals surface area contributed by atoms with Crippen molar-refractivity contribution in [2.24, 2.45) is 5.92 Å². The van der Waals surface area contributed by atoms with Gasteiger partial charge < -0.3 is 14.8 Å². The molecule has 1 aliphatic heterocycles. The van der Waals surface area contributed by atoms with Gasteiger partial charge in [0.1, 0.15) is 5.69 Å². The van der Waals surface area contributed by atoms with E-state index in [0.29, 0.717) is 24.7 Å². The van der Waals surface area contributed by atoms with E-state index < -0.39 is 0 Å². The molecule has 0 unspecified atom stereocenters. The van der Waals surface area contributed by atoms with Crippen LogP contribution in [-0.2, 0) is 4.79 Å². The minimum atomic E-state index is 0.0389. The molecule has 120 valence electrons. The fraction of sp³-hybridized carbons (Fsp3) is 0.647. The van der Waals surface area contributed by atoms with E-state index in [-0.39, 0.29) is 11.8 Å². The first-order valence-electron chi connectivity index (χ1n) is 8.47. The van der Waals surface area contributed by atoms with Crippen LogP contribution >= 0.6 is 0 Å². The number of nitrogens with one attached hydrogen (secondary N) is 1. The smallest absolute Gasteiger partial charge is 0.270 e. The molecule has 1 aliphatic carbocycles. The van der Waals surface area contributed by atoms with Crippen molar-refractivity contribution in [3.8, 4) is 0 Å². The number of hydrogen-bond acceptors (Lipinski definition) is 2. The summed E-state index contributed by atoms with van der Waals surface area (Å²) < 4.78 is 0. The number of rotatable bonds is 2. The Bertz CT molecular complexity index is 506. The van der Waals surface area contributed by atoms with Crippen LogP contribution < -0.4 is 0 Å². The van der Waals surface area contributed by atoms with Crippen LogP contribution in [0.25, 0.3) is 0 Å². The first-order chi connectivity index (χ1) is 10.8. The number of hydrogen-bond donors (Lipinski definition) is 1. The minimum Gasteiger partial charge on any atom is -0.357 e. The number of aromatic amines is 1. The zero-order valence-corrected chi connectivity index (χ0v) is 13.1. The lowest BCUT2D eigenvalue weighted by atomic mass is 9.88.